The number of carboxylic acid groups (broad SMARTS) is 1. The Labute approximate surface area is 462 Å². The van der Waals surface area contributed by atoms with E-state index in [9.17, 15) is 20.1 Å². The van der Waals surface area contributed by atoms with Crippen molar-refractivity contribution in [2.24, 2.45) is 0 Å². The standard InChI is InChI=1S/C35H41ClO3.C33H47BO3/c1-5-35(6-2,28-12-10-26(24(3)20-28)16-19-34(39)17-8-7-9-18-34)29-13-15-31(25(4)21-29)32-23-30(36)14-11-27(32)22-33(37)38;1-9-33(10-2,27-15-14-26(24(3)22-27)18-21-32(35)19-12-11-13-20-32)28-16-17-29(25(4)23-28)34-36-30(5,6)31(7,8)37-34/h10-16,19-21,23,39H,5-9,17-18,22H2,1-4H3,(H,37,38);14-18,21-23,35H,9-13,19-20H2,1-8H3/b19-16+;21-18+. The lowest BCUT2D eigenvalue weighted by Crippen LogP contribution is -2.41. The maximum Gasteiger partial charge on any atom is 0.495 e. The zero-order valence-corrected chi connectivity index (χ0v) is 48.9. The number of hydrogen-bond donors (Lipinski definition) is 3. The summed E-state index contributed by atoms with van der Waals surface area (Å²) >= 11 is 6.32. The van der Waals surface area contributed by atoms with E-state index >= 15 is 0 Å². The van der Waals surface area contributed by atoms with Gasteiger partial charge in [-0.2, -0.15) is 0 Å². The van der Waals surface area contributed by atoms with Crippen LogP contribution in [-0.4, -0.2) is 50.8 Å². The predicted octanol–water partition coefficient (Wildman–Crippen LogP) is 16.5. The Kier molecular flexibility index (Phi) is 18.7. The molecular formula is C68H88BClO6. The second-order valence-corrected chi connectivity index (χ2v) is 24.2. The number of hydrogen-bond acceptors (Lipinski definition) is 5. The van der Waals surface area contributed by atoms with Gasteiger partial charge in [-0.3, -0.25) is 4.79 Å². The summed E-state index contributed by atoms with van der Waals surface area (Å²) in [5.41, 5.74) is 13.9. The van der Waals surface area contributed by atoms with Gasteiger partial charge in [0.2, 0.25) is 0 Å². The van der Waals surface area contributed by atoms with Crippen LogP contribution in [0.1, 0.15) is 206 Å². The van der Waals surface area contributed by atoms with E-state index in [2.05, 4.69) is 168 Å². The van der Waals surface area contributed by atoms with Crippen molar-refractivity contribution in [2.45, 2.75) is 213 Å². The maximum absolute atomic E-state index is 11.5. The Bertz CT molecular complexity index is 2870. The fourth-order valence-electron chi connectivity index (χ4n) is 12.5. The van der Waals surface area contributed by atoms with E-state index in [1.165, 1.54) is 57.3 Å². The van der Waals surface area contributed by atoms with Gasteiger partial charge in [0, 0.05) is 15.9 Å². The smallest absolute Gasteiger partial charge is 0.481 e. The molecule has 8 rings (SSSR count). The lowest BCUT2D eigenvalue weighted by molar-refractivity contribution is -0.136. The SMILES string of the molecule is CCC(CC)(c1ccc(/C=C/C2(O)CCCCC2)c(C)c1)c1ccc(-c2cc(Cl)ccc2CC(=O)O)c(C)c1.CCC(CC)(c1ccc(/C=C/C2(O)CCCCC2)c(C)c1)c1ccc(B2OC(C)(C)C(C)(C)O2)c(C)c1. The van der Waals surface area contributed by atoms with Crippen molar-refractivity contribution in [3.63, 3.8) is 0 Å². The van der Waals surface area contributed by atoms with E-state index in [1.807, 2.05) is 24.3 Å². The van der Waals surface area contributed by atoms with E-state index in [0.717, 1.165) is 110 Å². The summed E-state index contributed by atoms with van der Waals surface area (Å²) in [5, 5.41) is 31.8. The minimum absolute atomic E-state index is 0.0426. The molecule has 3 aliphatic rings. The molecule has 8 heteroatoms. The molecule has 0 spiro atoms. The van der Waals surface area contributed by atoms with Gasteiger partial charge in [0.15, 0.2) is 0 Å². The number of halogens is 1. The molecule has 5 aromatic carbocycles. The minimum atomic E-state index is -0.856. The molecule has 406 valence electrons. The zero-order chi connectivity index (χ0) is 55.3. The minimum Gasteiger partial charge on any atom is -0.481 e. The van der Waals surface area contributed by atoms with E-state index in [-0.39, 0.29) is 35.6 Å². The highest BCUT2D eigenvalue weighted by Crippen LogP contribution is 2.44. The number of rotatable bonds is 16. The van der Waals surface area contributed by atoms with Gasteiger partial charge in [0.1, 0.15) is 0 Å². The molecule has 0 bridgehead atoms. The molecule has 3 fully saturated rings. The molecule has 0 atom stereocenters. The third kappa shape index (κ3) is 12.7. The van der Waals surface area contributed by atoms with E-state index < -0.39 is 17.2 Å². The van der Waals surface area contributed by atoms with E-state index in [0.29, 0.717) is 5.02 Å². The molecule has 1 saturated heterocycles. The van der Waals surface area contributed by atoms with Crippen LogP contribution in [0.4, 0.5) is 0 Å². The van der Waals surface area contributed by atoms with Gasteiger partial charge >= 0.3 is 13.1 Å². The third-order valence-electron chi connectivity index (χ3n) is 18.5. The van der Waals surface area contributed by atoms with Gasteiger partial charge in [0.25, 0.3) is 0 Å². The lowest BCUT2D eigenvalue weighted by atomic mass is 9.68. The third-order valence-corrected chi connectivity index (χ3v) is 18.7. The van der Waals surface area contributed by atoms with Gasteiger partial charge in [0.05, 0.1) is 28.8 Å². The second kappa shape index (κ2) is 24.1. The molecule has 1 heterocycles. The molecule has 1 aliphatic heterocycles. The number of aliphatic hydroxyl groups is 2. The van der Waals surface area contributed by atoms with Crippen molar-refractivity contribution in [1.29, 1.82) is 0 Å². The van der Waals surface area contributed by atoms with Gasteiger partial charge in [-0.05, 0) is 191 Å². The van der Waals surface area contributed by atoms with Crippen molar-refractivity contribution in [2.75, 3.05) is 0 Å². The largest absolute Gasteiger partial charge is 0.495 e. The van der Waals surface area contributed by atoms with Crippen molar-refractivity contribution >= 4 is 42.3 Å². The summed E-state index contributed by atoms with van der Waals surface area (Å²) in [6.45, 7) is 26.1. The second-order valence-electron chi connectivity index (χ2n) is 23.8. The van der Waals surface area contributed by atoms with Crippen LogP contribution in [-0.2, 0) is 31.4 Å². The molecule has 3 N–H and O–H groups in total. The summed E-state index contributed by atoms with van der Waals surface area (Å²) in [6, 6.07) is 32.5. The fourth-order valence-corrected chi connectivity index (χ4v) is 12.7. The van der Waals surface area contributed by atoms with Crippen LogP contribution in [0.15, 0.2) is 103 Å². The fraction of sp³-hybridized carbons (Fsp3) is 0.485. The summed E-state index contributed by atoms with van der Waals surface area (Å²) in [4.78, 5) is 11.5. The van der Waals surface area contributed by atoms with Crippen molar-refractivity contribution in [1.82, 2.24) is 0 Å². The first-order valence-corrected chi connectivity index (χ1v) is 29.0. The molecule has 0 radical (unpaired) electrons. The Morgan fingerprint density at radius 2 is 0.961 bits per heavy atom. The van der Waals surface area contributed by atoms with Gasteiger partial charge in [-0.1, -0.05) is 187 Å². The highest BCUT2D eigenvalue weighted by molar-refractivity contribution is 6.62. The summed E-state index contributed by atoms with van der Waals surface area (Å²) in [6.07, 6.45) is 22.5. The summed E-state index contributed by atoms with van der Waals surface area (Å²) in [5.74, 6) is -0.856. The number of aryl methyl sites for hydroxylation is 4. The van der Waals surface area contributed by atoms with E-state index in [4.69, 9.17) is 20.9 Å². The van der Waals surface area contributed by atoms with Crippen LogP contribution >= 0.6 is 11.6 Å². The summed E-state index contributed by atoms with van der Waals surface area (Å²) < 4.78 is 12.7. The Morgan fingerprint density at radius 3 is 1.36 bits per heavy atom. The molecule has 2 saturated carbocycles. The molecule has 76 heavy (non-hydrogen) atoms. The quantitative estimate of drug-likeness (QED) is 0.0852. The van der Waals surface area contributed by atoms with Crippen LogP contribution < -0.4 is 5.46 Å². The number of benzene rings is 5. The average molecular weight is 1050 g/mol. The Morgan fingerprint density at radius 1 is 0.553 bits per heavy atom. The highest BCUT2D eigenvalue weighted by Gasteiger charge is 2.52. The molecule has 0 aromatic heterocycles. The normalized spacial score (nSPS) is 18.2. The maximum atomic E-state index is 11.5. The monoisotopic (exact) mass is 1050 g/mol. The highest BCUT2D eigenvalue weighted by atomic mass is 35.5. The first-order valence-electron chi connectivity index (χ1n) is 28.6. The molecular weight excluding hydrogens is 959 g/mol. The first-order chi connectivity index (χ1) is 36.0. The van der Waals surface area contributed by atoms with Gasteiger partial charge < -0.3 is 24.6 Å². The average Bonchev–Trinajstić information content (AvgIpc) is 3.61. The zero-order valence-electron chi connectivity index (χ0n) is 48.1. The molecule has 5 aromatic rings. The summed E-state index contributed by atoms with van der Waals surface area (Å²) in [7, 11) is -0.344. The molecule has 2 aliphatic carbocycles. The Balaban J connectivity index is 0.000000221. The lowest BCUT2D eigenvalue weighted by Gasteiger charge is -2.34. The molecule has 6 nitrogen and oxygen atoms in total. The van der Waals surface area contributed by atoms with Gasteiger partial charge in [-0.15, -0.1) is 0 Å². The first kappa shape index (κ1) is 58.9. The number of aliphatic carboxylic acids is 1. The topological polar surface area (TPSA) is 96.2 Å². The van der Waals surface area contributed by atoms with E-state index in [1.54, 1.807) is 6.07 Å². The van der Waals surface area contributed by atoms with Crippen molar-refractivity contribution in [3.05, 3.63) is 169 Å². The number of carboxylic acids is 1. The molecule has 0 unspecified atom stereocenters. The van der Waals surface area contributed by atoms with Crippen molar-refractivity contribution < 1.29 is 29.4 Å². The van der Waals surface area contributed by atoms with Crippen LogP contribution in [0.2, 0.25) is 5.02 Å². The van der Waals surface area contributed by atoms with Crippen LogP contribution in [0.25, 0.3) is 23.3 Å². The molecule has 0 amide bonds. The van der Waals surface area contributed by atoms with Crippen LogP contribution in [0, 0.1) is 27.7 Å². The predicted molar refractivity (Wildman–Crippen MR) is 319 cm³/mol. The number of carbonyl (C=O) groups is 1. The van der Waals surface area contributed by atoms with Crippen molar-refractivity contribution in [3.8, 4) is 11.1 Å². The Hall–Kier alpha value is -4.76. The van der Waals surface area contributed by atoms with Crippen LogP contribution in [0.5, 0.6) is 0 Å². The van der Waals surface area contributed by atoms with Gasteiger partial charge in [-0.25, -0.2) is 0 Å². The van der Waals surface area contributed by atoms with Crippen LogP contribution in [0.3, 0.4) is 0 Å².